The molecule has 19 heavy (non-hydrogen) atoms. The first-order valence-electron chi connectivity index (χ1n) is 6.45. The van der Waals surface area contributed by atoms with E-state index in [1.807, 2.05) is 0 Å². The van der Waals surface area contributed by atoms with Crippen LogP contribution < -0.4 is 5.32 Å². The zero-order valence-electron chi connectivity index (χ0n) is 12.4. The Labute approximate surface area is 114 Å². The molecule has 0 saturated carbocycles. The molecule has 0 aliphatic carbocycles. The molecule has 0 aromatic carbocycles. The molecule has 0 bridgehead atoms. The summed E-state index contributed by atoms with van der Waals surface area (Å²) in [5, 5.41) is 12.0. The topological polar surface area (TPSA) is 84.9 Å². The molecule has 112 valence electrons. The van der Waals surface area contributed by atoms with E-state index in [-0.39, 0.29) is 18.4 Å². The summed E-state index contributed by atoms with van der Waals surface area (Å²) >= 11 is 0. The Morgan fingerprint density at radius 1 is 1.21 bits per heavy atom. The summed E-state index contributed by atoms with van der Waals surface area (Å²) < 4.78 is 10.1. The number of carboxylic acids is 1. The molecule has 0 spiro atoms. The fraction of sp³-hybridized carbons (Fsp3) is 0.846. The van der Waals surface area contributed by atoms with Crippen molar-refractivity contribution in [3.63, 3.8) is 0 Å². The normalized spacial score (nSPS) is 13.4. The van der Waals surface area contributed by atoms with Gasteiger partial charge in [0.1, 0.15) is 0 Å². The first kappa shape index (κ1) is 17.9. The molecule has 0 aromatic rings. The minimum absolute atomic E-state index is 0.0418. The zero-order chi connectivity index (χ0) is 15.1. The lowest BCUT2D eigenvalue weighted by atomic mass is 9.79. The monoisotopic (exact) mass is 275 g/mol. The van der Waals surface area contributed by atoms with Crippen molar-refractivity contribution in [3.05, 3.63) is 0 Å². The number of methoxy groups -OCH3 is 2. The zero-order valence-corrected chi connectivity index (χ0v) is 12.4. The van der Waals surface area contributed by atoms with Crippen molar-refractivity contribution < 1.29 is 24.2 Å². The summed E-state index contributed by atoms with van der Waals surface area (Å²) in [4.78, 5) is 23.3. The largest absolute Gasteiger partial charge is 0.481 e. The average molecular weight is 275 g/mol. The number of amides is 1. The van der Waals surface area contributed by atoms with Crippen LogP contribution >= 0.6 is 0 Å². The Morgan fingerprint density at radius 3 is 2.00 bits per heavy atom. The van der Waals surface area contributed by atoms with E-state index in [4.69, 9.17) is 9.47 Å². The van der Waals surface area contributed by atoms with Crippen LogP contribution in [0.1, 0.15) is 40.0 Å². The Bertz CT molecular complexity index is 297. The van der Waals surface area contributed by atoms with E-state index in [9.17, 15) is 14.7 Å². The maximum atomic E-state index is 11.9. The predicted octanol–water partition coefficient (Wildman–Crippen LogP) is 1.39. The molecule has 0 aliphatic rings. The maximum absolute atomic E-state index is 11.9. The molecule has 1 unspecified atom stereocenters. The number of nitrogens with one attached hydrogen (secondary N) is 1. The van der Waals surface area contributed by atoms with Crippen LogP contribution in [0, 0.1) is 5.41 Å². The Morgan fingerprint density at radius 2 is 1.68 bits per heavy atom. The summed E-state index contributed by atoms with van der Waals surface area (Å²) in [5.74, 6) is -1.24. The molecule has 0 saturated heterocycles. The van der Waals surface area contributed by atoms with Crippen LogP contribution in [0.3, 0.4) is 0 Å². The van der Waals surface area contributed by atoms with Crippen LogP contribution in [0.4, 0.5) is 0 Å². The second-order valence-electron chi connectivity index (χ2n) is 4.67. The molecular weight excluding hydrogens is 250 g/mol. The van der Waals surface area contributed by atoms with Crippen molar-refractivity contribution in [2.75, 3.05) is 14.2 Å². The summed E-state index contributed by atoms with van der Waals surface area (Å²) in [6.07, 6.45) is 0.239. The molecule has 6 heteroatoms. The van der Waals surface area contributed by atoms with E-state index in [0.717, 1.165) is 0 Å². The molecule has 2 N–H and O–H groups in total. The number of aliphatic carboxylic acids is 1. The van der Waals surface area contributed by atoms with Crippen LogP contribution in [-0.4, -0.2) is 43.5 Å². The lowest BCUT2D eigenvalue weighted by Crippen LogP contribution is -2.45. The highest BCUT2D eigenvalue weighted by Gasteiger charge is 2.37. The van der Waals surface area contributed by atoms with Gasteiger partial charge < -0.3 is 19.9 Å². The van der Waals surface area contributed by atoms with E-state index >= 15 is 0 Å². The van der Waals surface area contributed by atoms with E-state index in [0.29, 0.717) is 12.8 Å². The standard InChI is InChI=1S/C13H25NO5/c1-6-13(7-2,12(16)17)8-10(15)14-9(3)11(18-4)19-5/h9,11H,6-8H2,1-5H3,(H,14,15)(H,16,17). The highest BCUT2D eigenvalue weighted by Crippen LogP contribution is 2.30. The van der Waals surface area contributed by atoms with Gasteiger partial charge in [0.15, 0.2) is 6.29 Å². The minimum Gasteiger partial charge on any atom is -0.481 e. The Balaban J connectivity index is 4.63. The Kier molecular flexibility index (Phi) is 7.63. The van der Waals surface area contributed by atoms with Crippen LogP contribution in [-0.2, 0) is 19.1 Å². The lowest BCUT2D eigenvalue weighted by molar-refractivity contribution is -0.153. The van der Waals surface area contributed by atoms with Crippen molar-refractivity contribution in [1.29, 1.82) is 0 Å². The predicted molar refractivity (Wildman–Crippen MR) is 70.7 cm³/mol. The molecule has 0 heterocycles. The second-order valence-corrected chi connectivity index (χ2v) is 4.67. The minimum atomic E-state index is -1.00. The smallest absolute Gasteiger partial charge is 0.310 e. The third-order valence-corrected chi connectivity index (χ3v) is 3.57. The highest BCUT2D eigenvalue weighted by molar-refractivity contribution is 5.85. The molecule has 0 aromatic heterocycles. The van der Waals surface area contributed by atoms with E-state index < -0.39 is 17.7 Å². The quantitative estimate of drug-likeness (QED) is 0.621. The van der Waals surface area contributed by atoms with Crippen LogP contribution in [0.2, 0.25) is 0 Å². The Hall–Kier alpha value is -1.14. The second kappa shape index (κ2) is 8.12. The number of carboxylic acid groups (broad SMARTS) is 1. The molecule has 6 nitrogen and oxygen atoms in total. The van der Waals surface area contributed by atoms with Crippen molar-refractivity contribution in [3.8, 4) is 0 Å². The van der Waals surface area contributed by atoms with Gasteiger partial charge in [-0.15, -0.1) is 0 Å². The van der Waals surface area contributed by atoms with Crippen molar-refractivity contribution in [1.82, 2.24) is 5.32 Å². The number of rotatable bonds is 9. The van der Waals surface area contributed by atoms with E-state index in [1.54, 1.807) is 20.8 Å². The number of hydrogen-bond acceptors (Lipinski definition) is 4. The highest BCUT2D eigenvalue weighted by atomic mass is 16.7. The number of ether oxygens (including phenoxy) is 2. The average Bonchev–Trinajstić information content (AvgIpc) is 2.37. The van der Waals surface area contributed by atoms with Crippen LogP contribution in [0.5, 0.6) is 0 Å². The molecule has 1 amide bonds. The molecule has 1 atom stereocenters. The maximum Gasteiger partial charge on any atom is 0.310 e. The van der Waals surface area contributed by atoms with Gasteiger partial charge in [0.2, 0.25) is 5.91 Å². The third-order valence-electron chi connectivity index (χ3n) is 3.57. The fourth-order valence-corrected chi connectivity index (χ4v) is 2.06. The van der Waals surface area contributed by atoms with E-state index in [1.165, 1.54) is 14.2 Å². The first-order chi connectivity index (χ1) is 8.86. The molecular formula is C13H25NO5. The van der Waals surface area contributed by atoms with Crippen LogP contribution in [0.15, 0.2) is 0 Å². The lowest BCUT2D eigenvalue weighted by Gasteiger charge is -2.28. The molecule has 0 radical (unpaired) electrons. The molecule has 0 fully saturated rings. The van der Waals surface area contributed by atoms with Gasteiger partial charge in [-0.3, -0.25) is 9.59 Å². The van der Waals surface area contributed by atoms with Gasteiger partial charge in [-0.25, -0.2) is 0 Å². The summed E-state index contributed by atoms with van der Waals surface area (Å²) in [6.45, 7) is 5.30. The van der Waals surface area contributed by atoms with Gasteiger partial charge in [0.25, 0.3) is 0 Å². The van der Waals surface area contributed by atoms with Gasteiger partial charge in [-0.05, 0) is 19.8 Å². The van der Waals surface area contributed by atoms with Crippen LogP contribution in [0.25, 0.3) is 0 Å². The fourth-order valence-electron chi connectivity index (χ4n) is 2.06. The molecule has 0 rings (SSSR count). The van der Waals surface area contributed by atoms with Gasteiger partial charge in [0, 0.05) is 20.6 Å². The number of hydrogen-bond donors (Lipinski definition) is 2. The first-order valence-corrected chi connectivity index (χ1v) is 6.45. The summed E-state index contributed by atoms with van der Waals surface area (Å²) in [5.41, 5.74) is -1.00. The van der Waals surface area contributed by atoms with Gasteiger partial charge in [-0.1, -0.05) is 13.8 Å². The van der Waals surface area contributed by atoms with Crippen molar-refractivity contribution in [2.24, 2.45) is 5.41 Å². The van der Waals surface area contributed by atoms with Gasteiger partial charge >= 0.3 is 5.97 Å². The SMILES string of the molecule is CCC(CC)(CC(=O)NC(C)C(OC)OC)C(=O)O. The van der Waals surface area contributed by atoms with Crippen molar-refractivity contribution >= 4 is 11.9 Å². The van der Waals surface area contributed by atoms with Crippen molar-refractivity contribution in [2.45, 2.75) is 52.4 Å². The molecule has 0 aliphatic heterocycles. The number of carbonyl (C=O) groups excluding carboxylic acids is 1. The number of carbonyl (C=O) groups is 2. The third kappa shape index (κ3) is 4.80. The summed E-state index contributed by atoms with van der Waals surface area (Å²) in [6, 6.07) is -0.345. The van der Waals surface area contributed by atoms with Gasteiger partial charge in [0.05, 0.1) is 11.5 Å². The van der Waals surface area contributed by atoms with E-state index in [2.05, 4.69) is 5.32 Å². The van der Waals surface area contributed by atoms with Gasteiger partial charge in [-0.2, -0.15) is 0 Å². The summed E-state index contributed by atoms with van der Waals surface area (Å²) in [7, 11) is 2.97.